The number of aryl methyl sites for hydroxylation is 1. The van der Waals surface area contributed by atoms with E-state index in [1.807, 2.05) is 30.3 Å². The zero-order valence-corrected chi connectivity index (χ0v) is 12.5. The fraction of sp³-hybridized carbons (Fsp3) is 0.267. The number of hydrogen-bond donors (Lipinski definition) is 0. The molecule has 0 aliphatic carbocycles. The number of rotatable bonds is 2. The van der Waals surface area contributed by atoms with Gasteiger partial charge in [0, 0.05) is 0 Å². The Morgan fingerprint density at radius 2 is 1.82 bits per heavy atom. The van der Waals surface area contributed by atoms with Gasteiger partial charge in [0.1, 0.15) is 0 Å². The van der Waals surface area contributed by atoms with Gasteiger partial charge in [0.2, 0.25) is 0 Å². The van der Waals surface area contributed by atoms with Crippen LogP contribution >= 0.6 is 0 Å². The summed E-state index contributed by atoms with van der Waals surface area (Å²) in [6.07, 6.45) is 0. The third-order valence-corrected chi connectivity index (χ3v) is 6.59. The third kappa shape index (κ3) is 2.78. The van der Waals surface area contributed by atoms with Crippen LogP contribution in [0.2, 0.25) is 17.3 Å². The summed E-state index contributed by atoms with van der Waals surface area (Å²) in [5, 5.41) is 0. The quantitative estimate of drug-likeness (QED) is 0.770. The van der Waals surface area contributed by atoms with Crippen molar-refractivity contribution in [3.05, 3.63) is 48.1 Å². The Bertz CT molecular complexity index is 645. The average Bonchev–Trinajstić information content (AvgIpc) is 2.36. The van der Waals surface area contributed by atoms with E-state index in [9.17, 15) is 0 Å². The zero-order chi connectivity index (χ0) is 15.8. The maximum atomic E-state index is 8.29. The first kappa shape index (κ1) is 8.09. The van der Waals surface area contributed by atoms with E-state index in [1.165, 1.54) is 0 Å². The van der Waals surface area contributed by atoms with Gasteiger partial charge in [0.25, 0.3) is 0 Å². The van der Waals surface area contributed by atoms with Crippen LogP contribution in [-0.4, -0.2) is 18.3 Å². The zero-order valence-electron chi connectivity index (χ0n) is 14.4. The van der Waals surface area contributed by atoms with Crippen LogP contribution in [0.25, 0.3) is 11.3 Å². The summed E-state index contributed by atoms with van der Waals surface area (Å²) in [6.45, 7) is -2.28. The van der Waals surface area contributed by atoms with E-state index in [2.05, 4.69) is 22.3 Å². The van der Waals surface area contributed by atoms with Crippen molar-refractivity contribution in [1.82, 2.24) is 4.98 Å². The average molecular weight is 290 g/mol. The van der Waals surface area contributed by atoms with Crippen molar-refractivity contribution < 1.29 is 5.48 Å². The summed E-state index contributed by atoms with van der Waals surface area (Å²) in [6, 6.07) is 11.4. The Balaban J connectivity index is 2.73. The van der Waals surface area contributed by atoms with Crippen LogP contribution in [0.1, 0.15) is 11.2 Å². The fourth-order valence-corrected chi connectivity index (χ4v) is 4.41. The molecule has 0 N–H and O–H groups in total. The second kappa shape index (κ2) is 4.65. The van der Waals surface area contributed by atoms with E-state index < -0.39 is 20.1 Å². The van der Waals surface area contributed by atoms with Crippen molar-refractivity contribution in [2.75, 3.05) is 0 Å². The number of nitrogens with zero attached hydrogens (tertiary/aromatic N) is 1. The molecule has 1 aromatic carbocycles. The van der Waals surface area contributed by atoms with Gasteiger partial charge in [-0.25, -0.2) is 0 Å². The molecule has 0 radical (unpaired) electrons. The molecule has 2 rings (SSSR count). The second-order valence-corrected chi connectivity index (χ2v) is 15.6. The van der Waals surface area contributed by atoms with Crippen molar-refractivity contribution in [3.63, 3.8) is 0 Å². The minimum absolute atomic E-state index is 0.112. The molecule has 17 heavy (non-hydrogen) atoms. The molecular formula is C15H19GeN. The molecule has 0 aliphatic heterocycles. The molecule has 0 spiro atoms. The molecule has 0 amide bonds. The molecular weight excluding hydrogens is 267 g/mol. The van der Waals surface area contributed by atoms with Crippen LogP contribution in [0.4, 0.5) is 0 Å². The van der Waals surface area contributed by atoms with E-state index in [4.69, 9.17) is 5.48 Å². The predicted molar refractivity (Wildman–Crippen MR) is 77.4 cm³/mol. The Labute approximate surface area is 112 Å². The van der Waals surface area contributed by atoms with Crippen LogP contribution in [-0.2, 0) is 0 Å². The number of benzene rings is 1. The summed E-state index contributed by atoms with van der Waals surface area (Å²) in [5.74, 6) is 6.27. The van der Waals surface area contributed by atoms with Gasteiger partial charge < -0.3 is 0 Å². The van der Waals surface area contributed by atoms with E-state index >= 15 is 0 Å². The van der Waals surface area contributed by atoms with E-state index in [0.717, 1.165) is 5.56 Å². The van der Waals surface area contributed by atoms with Crippen molar-refractivity contribution in [2.24, 2.45) is 0 Å². The van der Waals surface area contributed by atoms with Gasteiger partial charge in [-0.3, -0.25) is 0 Å². The van der Waals surface area contributed by atoms with E-state index in [1.54, 1.807) is 6.07 Å². The van der Waals surface area contributed by atoms with Crippen LogP contribution in [0.5, 0.6) is 0 Å². The van der Waals surface area contributed by atoms with Gasteiger partial charge in [-0.2, -0.15) is 0 Å². The standard InChI is InChI=1S/C15H19GeN/c1-12-14(16(2,3)4)10-11-15(17-12)13-8-6-5-7-9-13/h5-11H,1-4H3/i1D3,10D. The van der Waals surface area contributed by atoms with Gasteiger partial charge in [-0.15, -0.1) is 0 Å². The van der Waals surface area contributed by atoms with Gasteiger partial charge in [-0.1, -0.05) is 0 Å². The Morgan fingerprint density at radius 1 is 1.12 bits per heavy atom. The molecule has 1 aromatic heterocycles. The van der Waals surface area contributed by atoms with Gasteiger partial charge in [-0.05, 0) is 0 Å². The molecule has 0 bridgehead atoms. The van der Waals surface area contributed by atoms with Crippen molar-refractivity contribution in [1.29, 1.82) is 0 Å². The Kier molecular flexibility index (Phi) is 2.21. The molecule has 0 saturated heterocycles. The summed E-state index contributed by atoms with van der Waals surface area (Å²) >= 11 is -2.50. The normalized spacial score (nSPS) is 15.7. The molecule has 0 saturated carbocycles. The van der Waals surface area contributed by atoms with Gasteiger partial charge >= 0.3 is 112 Å². The molecule has 0 atom stereocenters. The van der Waals surface area contributed by atoms with Crippen molar-refractivity contribution >= 4 is 17.7 Å². The Hall–Kier alpha value is -1.09. The van der Waals surface area contributed by atoms with Crippen molar-refractivity contribution in [3.8, 4) is 11.3 Å². The van der Waals surface area contributed by atoms with Crippen LogP contribution in [0, 0.1) is 6.85 Å². The van der Waals surface area contributed by atoms with Crippen LogP contribution in [0.15, 0.2) is 42.4 Å². The molecule has 1 nitrogen and oxygen atoms in total. The minimum atomic E-state index is -2.50. The molecule has 2 aromatic rings. The number of hydrogen-bond acceptors (Lipinski definition) is 1. The van der Waals surface area contributed by atoms with Gasteiger partial charge in [0.15, 0.2) is 0 Å². The summed E-state index contributed by atoms with van der Waals surface area (Å²) < 4.78 is 32.3. The molecule has 0 unspecified atom stereocenters. The SMILES string of the molecule is [2H]c1cc(-c2ccccc2)nc(C([2H])([2H])[2H])[c]1[Ge]([CH3])([CH3])[CH3]. The van der Waals surface area contributed by atoms with E-state index in [0.29, 0.717) is 16.1 Å². The number of aromatic nitrogens is 1. The van der Waals surface area contributed by atoms with Crippen molar-refractivity contribution in [2.45, 2.75) is 24.1 Å². The first-order valence-corrected chi connectivity index (χ1v) is 13.0. The third-order valence-electron chi connectivity index (χ3n) is 2.64. The molecule has 1 heterocycles. The molecule has 88 valence electrons. The Morgan fingerprint density at radius 3 is 2.41 bits per heavy atom. The summed E-state index contributed by atoms with van der Waals surface area (Å²) in [4.78, 5) is 4.41. The first-order valence-electron chi connectivity index (χ1n) is 7.69. The van der Waals surface area contributed by atoms with Crippen LogP contribution in [0.3, 0.4) is 0 Å². The molecule has 2 heteroatoms. The van der Waals surface area contributed by atoms with Crippen LogP contribution < -0.4 is 4.40 Å². The monoisotopic (exact) mass is 291 g/mol. The predicted octanol–water partition coefficient (Wildman–Crippen LogP) is 3.60. The summed E-state index contributed by atoms with van der Waals surface area (Å²) in [5.41, 5.74) is 1.51. The second-order valence-electron chi connectivity index (χ2n) is 5.13. The fourth-order valence-electron chi connectivity index (χ4n) is 1.75. The molecule has 0 fully saturated rings. The van der Waals surface area contributed by atoms with E-state index in [-0.39, 0.29) is 5.69 Å². The number of pyridine rings is 1. The topological polar surface area (TPSA) is 12.9 Å². The summed E-state index contributed by atoms with van der Waals surface area (Å²) in [7, 11) is 0. The molecule has 0 aliphatic rings. The maximum absolute atomic E-state index is 8.29. The van der Waals surface area contributed by atoms with Gasteiger partial charge in [0.05, 0.1) is 0 Å². The first-order chi connectivity index (χ1) is 9.60.